The van der Waals surface area contributed by atoms with Crippen LogP contribution in [0.25, 0.3) is 0 Å². The molecule has 1 atom stereocenters. The molecule has 116 valence electrons. The van der Waals surface area contributed by atoms with Gasteiger partial charge in [0.2, 0.25) is 5.91 Å². The molecule has 2 aliphatic heterocycles. The molecule has 6 nitrogen and oxygen atoms in total. The summed E-state index contributed by atoms with van der Waals surface area (Å²) in [7, 11) is 0. The van der Waals surface area contributed by atoms with Crippen molar-refractivity contribution in [3.05, 3.63) is 0 Å². The molecule has 1 aliphatic carbocycles. The largest absolute Gasteiger partial charge is 0.352 e. The maximum absolute atomic E-state index is 12.2. The summed E-state index contributed by atoms with van der Waals surface area (Å²) in [5.74, 6) is -0.404. The Hall–Kier alpha value is -1.59. The molecule has 2 saturated heterocycles. The van der Waals surface area contributed by atoms with Crippen LogP contribution in [0.4, 0.5) is 4.79 Å². The maximum Gasteiger partial charge on any atom is 0.327 e. The Morgan fingerprint density at radius 3 is 2.43 bits per heavy atom. The Balaban J connectivity index is 1.55. The van der Waals surface area contributed by atoms with Crippen molar-refractivity contribution in [2.45, 2.75) is 63.5 Å². The second-order valence-corrected chi connectivity index (χ2v) is 6.31. The summed E-state index contributed by atoms with van der Waals surface area (Å²) in [6.45, 7) is 0.511. The highest BCUT2D eigenvalue weighted by Gasteiger charge is 2.47. The van der Waals surface area contributed by atoms with Crippen LogP contribution in [0, 0.1) is 0 Å². The van der Waals surface area contributed by atoms with Gasteiger partial charge in [0.15, 0.2) is 0 Å². The highest BCUT2D eigenvalue weighted by Crippen LogP contribution is 2.27. The predicted molar refractivity (Wildman–Crippen MR) is 76.5 cm³/mol. The van der Waals surface area contributed by atoms with Crippen LogP contribution in [0.15, 0.2) is 0 Å². The Bertz CT molecular complexity index is 421. The fraction of sp³-hybridized carbons (Fsp3) is 0.800. The number of imide groups is 1. The minimum absolute atomic E-state index is 0.124. The molecule has 1 saturated carbocycles. The van der Waals surface area contributed by atoms with Gasteiger partial charge in [-0.25, -0.2) is 4.79 Å². The van der Waals surface area contributed by atoms with Gasteiger partial charge in [0.05, 0.1) is 0 Å². The third kappa shape index (κ3) is 2.89. The second-order valence-electron chi connectivity index (χ2n) is 6.31. The summed E-state index contributed by atoms with van der Waals surface area (Å²) in [5.41, 5.74) is 0. The van der Waals surface area contributed by atoms with Crippen molar-refractivity contribution in [2.75, 3.05) is 13.1 Å². The molecule has 6 heteroatoms. The molecule has 0 bridgehead atoms. The van der Waals surface area contributed by atoms with Crippen LogP contribution < -0.4 is 5.32 Å². The van der Waals surface area contributed by atoms with Gasteiger partial charge in [-0.2, -0.15) is 0 Å². The summed E-state index contributed by atoms with van der Waals surface area (Å²) in [6, 6.07) is -0.408. The van der Waals surface area contributed by atoms with Gasteiger partial charge in [-0.15, -0.1) is 0 Å². The highest BCUT2D eigenvalue weighted by molar-refractivity contribution is 6.06. The van der Waals surface area contributed by atoms with Gasteiger partial charge >= 0.3 is 6.03 Å². The number of carbonyl (C=O) groups is 3. The lowest BCUT2D eigenvalue weighted by Crippen LogP contribution is -2.44. The molecule has 0 spiro atoms. The molecule has 1 unspecified atom stereocenters. The third-order valence-corrected chi connectivity index (χ3v) is 4.80. The predicted octanol–water partition coefficient (Wildman–Crippen LogP) is 1.25. The summed E-state index contributed by atoms with van der Waals surface area (Å²) >= 11 is 0. The van der Waals surface area contributed by atoms with E-state index in [1.807, 2.05) is 0 Å². The lowest BCUT2D eigenvalue weighted by atomic mass is 10.1. The van der Waals surface area contributed by atoms with Crippen molar-refractivity contribution < 1.29 is 14.4 Å². The van der Waals surface area contributed by atoms with Crippen molar-refractivity contribution in [3.8, 4) is 0 Å². The monoisotopic (exact) mass is 293 g/mol. The van der Waals surface area contributed by atoms with Crippen LogP contribution in [0.3, 0.4) is 0 Å². The van der Waals surface area contributed by atoms with E-state index in [1.54, 1.807) is 4.90 Å². The number of rotatable bonds is 3. The van der Waals surface area contributed by atoms with Crippen LogP contribution >= 0.6 is 0 Å². The number of urea groups is 1. The van der Waals surface area contributed by atoms with Crippen molar-refractivity contribution in [1.82, 2.24) is 15.1 Å². The quantitative estimate of drug-likeness (QED) is 0.629. The highest BCUT2D eigenvalue weighted by atomic mass is 16.2. The smallest absolute Gasteiger partial charge is 0.327 e. The first-order valence-electron chi connectivity index (χ1n) is 8.08. The van der Waals surface area contributed by atoms with E-state index < -0.39 is 0 Å². The van der Waals surface area contributed by atoms with Gasteiger partial charge in [-0.05, 0) is 25.7 Å². The number of nitrogens with zero attached hydrogens (tertiary/aromatic N) is 2. The van der Waals surface area contributed by atoms with Crippen LogP contribution in [0.2, 0.25) is 0 Å². The van der Waals surface area contributed by atoms with Crippen LogP contribution in [-0.2, 0) is 9.59 Å². The summed E-state index contributed by atoms with van der Waals surface area (Å²) in [5, 5.41) is 2.99. The molecule has 0 aromatic carbocycles. The minimum atomic E-state index is -0.316. The Labute approximate surface area is 124 Å². The van der Waals surface area contributed by atoms with E-state index in [0.717, 1.165) is 43.4 Å². The van der Waals surface area contributed by atoms with E-state index in [9.17, 15) is 14.4 Å². The summed E-state index contributed by atoms with van der Waals surface area (Å²) in [4.78, 5) is 39.1. The topological polar surface area (TPSA) is 69.7 Å². The second kappa shape index (κ2) is 6.03. The molecule has 21 heavy (non-hydrogen) atoms. The molecule has 0 aromatic rings. The first-order valence-corrected chi connectivity index (χ1v) is 8.08. The average Bonchev–Trinajstić information content (AvgIpc) is 2.91. The molecule has 3 aliphatic rings. The maximum atomic E-state index is 12.2. The van der Waals surface area contributed by atoms with E-state index in [-0.39, 0.29) is 36.5 Å². The van der Waals surface area contributed by atoms with E-state index in [4.69, 9.17) is 0 Å². The average molecular weight is 293 g/mol. The zero-order valence-electron chi connectivity index (χ0n) is 12.3. The number of hydrogen-bond acceptors (Lipinski definition) is 3. The Kier molecular flexibility index (Phi) is 4.12. The molecule has 0 aromatic heterocycles. The van der Waals surface area contributed by atoms with Crippen LogP contribution in [-0.4, -0.2) is 52.8 Å². The molecule has 0 radical (unpaired) electrons. The molecular weight excluding hydrogens is 270 g/mol. The van der Waals surface area contributed by atoms with Crippen LogP contribution in [0.5, 0.6) is 0 Å². The fourth-order valence-corrected chi connectivity index (χ4v) is 3.67. The number of amides is 4. The van der Waals surface area contributed by atoms with Gasteiger partial charge in [-0.1, -0.05) is 25.7 Å². The Morgan fingerprint density at radius 2 is 1.76 bits per heavy atom. The normalized spacial score (nSPS) is 27.0. The first kappa shape index (κ1) is 14.4. The van der Waals surface area contributed by atoms with Crippen molar-refractivity contribution in [1.29, 1.82) is 0 Å². The number of carbonyl (C=O) groups excluding carboxylic acids is 3. The van der Waals surface area contributed by atoms with Gasteiger partial charge in [-0.3, -0.25) is 14.5 Å². The van der Waals surface area contributed by atoms with E-state index in [2.05, 4.69) is 5.32 Å². The van der Waals surface area contributed by atoms with E-state index in [0.29, 0.717) is 6.54 Å². The van der Waals surface area contributed by atoms with Gasteiger partial charge in [0.1, 0.15) is 12.6 Å². The van der Waals surface area contributed by atoms with Gasteiger partial charge in [0.25, 0.3) is 5.91 Å². The fourth-order valence-electron chi connectivity index (χ4n) is 3.67. The molecule has 3 fully saturated rings. The third-order valence-electron chi connectivity index (χ3n) is 4.80. The first-order chi connectivity index (χ1) is 10.2. The summed E-state index contributed by atoms with van der Waals surface area (Å²) < 4.78 is 0. The van der Waals surface area contributed by atoms with Gasteiger partial charge in [0, 0.05) is 12.6 Å². The van der Waals surface area contributed by atoms with Crippen molar-refractivity contribution in [2.24, 2.45) is 0 Å². The van der Waals surface area contributed by atoms with Gasteiger partial charge < -0.3 is 10.2 Å². The number of fused-ring (bicyclic) bond motifs is 1. The Morgan fingerprint density at radius 1 is 1.05 bits per heavy atom. The molecule has 2 heterocycles. The van der Waals surface area contributed by atoms with Crippen molar-refractivity contribution >= 4 is 17.8 Å². The zero-order valence-corrected chi connectivity index (χ0v) is 12.3. The van der Waals surface area contributed by atoms with Crippen molar-refractivity contribution in [3.63, 3.8) is 0 Å². The van der Waals surface area contributed by atoms with Crippen LogP contribution in [0.1, 0.15) is 51.4 Å². The zero-order chi connectivity index (χ0) is 14.8. The SMILES string of the molecule is O=C(CN1C(=O)C2CCCN2C1=O)NC1CCCCCC1. The lowest BCUT2D eigenvalue weighted by Gasteiger charge is -2.19. The number of nitrogens with one attached hydrogen (secondary N) is 1. The standard InChI is InChI=1S/C15H23N3O3/c19-13(16-11-6-3-1-2-4-7-11)10-18-14(20)12-8-5-9-17(12)15(18)21/h11-12H,1-10H2,(H,16,19). The summed E-state index contributed by atoms with van der Waals surface area (Å²) in [6.07, 6.45) is 8.35. The molecule has 4 amide bonds. The van der Waals surface area contributed by atoms with E-state index >= 15 is 0 Å². The number of hydrogen-bond donors (Lipinski definition) is 1. The van der Waals surface area contributed by atoms with E-state index in [1.165, 1.54) is 12.8 Å². The molecule has 1 N–H and O–H groups in total. The molecule has 3 rings (SSSR count). The molecular formula is C15H23N3O3. The lowest BCUT2D eigenvalue weighted by molar-refractivity contribution is -0.132. The minimum Gasteiger partial charge on any atom is -0.352 e.